The molecule has 0 bridgehead atoms. The summed E-state index contributed by atoms with van der Waals surface area (Å²) in [5, 5.41) is 3.19. The van der Waals surface area contributed by atoms with Crippen LogP contribution >= 0.6 is 0 Å². The maximum absolute atomic E-state index is 12.0. The normalized spacial score (nSPS) is 10.8. The van der Waals surface area contributed by atoms with Gasteiger partial charge in [-0.3, -0.25) is 4.79 Å². The number of amides is 1. The molecule has 0 aliphatic rings. The van der Waals surface area contributed by atoms with Crippen LogP contribution in [0.4, 0.5) is 5.82 Å². The molecule has 17 heavy (non-hydrogen) atoms. The lowest BCUT2D eigenvalue weighted by molar-refractivity contribution is 0.0754. The third-order valence-electron chi connectivity index (χ3n) is 2.54. The summed E-state index contributed by atoms with van der Waals surface area (Å²) < 4.78 is 0. The fourth-order valence-electron chi connectivity index (χ4n) is 1.34. The Morgan fingerprint density at radius 3 is 2.35 bits per heavy atom. The van der Waals surface area contributed by atoms with Crippen molar-refractivity contribution in [3.05, 3.63) is 23.9 Å². The average molecular weight is 235 g/mol. The zero-order valence-corrected chi connectivity index (χ0v) is 11.2. The number of aromatic nitrogens is 1. The van der Waals surface area contributed by atoms with Crippen molar-refractivity contribution in [3.63, 3.8) is 0 Å². The van der Waals surface area contributed by atoms with Crippen molar-refractivity contribution < 1.29 is 4.79 Å². The van der Waals surface area contributed by atoms with Crippen molar-refractivity contribution in [2.24, 2.45) is 0 Å². The van der Waals surface area contributed by atoms with Crippen LogP contribution in [0.25, 0.3) is 0 Å². The first-order valence-corrected chi connectivity index (χ1v) is 5.91. The Morgan fingerprint density at radius 1 is 1.29 bits per heavy atom. The molecule has 1 aromatic rings. The highest BCUT2D eigenvalue weighted by Crippen LogP contribution is 2.09. The molecule has 0 radical (unpaired) electrons. The molecule has 1 N–H and O–H groups in total. The largest absolute Gasteiger partial charge is 0.368 e. The smallest absolute Gasteiger partial charge is 0.255 e. The van der Waals surface area contributed by atoms with Gasteiger partial charge in [-0.05, 0) is 39.8 Å². The Kier molecular flexibility index (Phi) is 4.49. The van der Waals surface area contributed by atoms with Crippen LogP contribution in [0.2, 0.25) is 0 Å². The highest BCUT2D eigenvalue weighted by atomic mass is 16.2. The Balaban J connectivity index is 2.77. The number of carbonyl (C=O) groups is 1. The van der Waals surface area contributed by atoms with Gasteiger partial charge in [0.25, 0.3) is 5.91 Å². The SMILES string of the molecule is CC(C)Nc1ccc(C(=O)N(C)C(C)C)cn1. The lowest BCUT2D eigenvalue weighted by Crippen LogP contribution is -2.33. The third-order valence-corrected chi connectivity index (χ3v) is 2.54. The van der Waals surface area contributed by atoms with E-state index in [1.54, 1.807) is 24.2 Å². The molecule has 1 aromatic heterocycles. The van der Waals surface area contributed by atoms with Crippen molar-refractivity contribution >= 4 is 11.7 Å². The third kappa shape index (κ3) is 3.73. The molecular formula is C13H21N3O. The van der Waals surface area contributed by atoms with E-state index in [9.17, 15) is 4.79 Å². The zero-order chi connectivity index (χ0) is 13.0. The zero-order valence-electron chi connectivity index (χ0n) is 11.2. The molecule has 0 saturated carbocycles. The molecule has 1 amide bonds. The minimum Gasteiger partial charge on any atom is -0.368 e. The molecule has 1 rings (SSSR count). The number of carbonyl (C=O) groups excluding carboxylic acids is 1. The molecule has 0 spiro atoms. The van der Waals surface area contributed by atoms with Crippen LogP contribution in [-0.2, 0) is 0 Å². The van der Waals surface area contributed by atoms with E-state index in [0.717, 1.165) is 5.82 Å². The van der Waals surface area contributed by atoms with Crippen LogP contribution in [0.15, 0.2) is 18.3 Å². The predicted octanol–water partition coefficient (Wildman–Crippen LogP) is 2.38. The van der Waals surface area contributed by atoms with E-state index in [1.807, 2.05) is 33.8 Å². The summed E-state index contributed by atoms with van der Waals surface area (Å²) in [5.41, 5.74) is 0.621. The predicted molar refractivity (Wildman–Crippen MR) is 70.2 cm³/mol. The summed E-state index contributed by atoms with van der Waals surface area (Å²) in [6, 6.07) is 4.17. The van der Waals surface area contributed by atoms with Gasteiger partial charge in [-0.2, -0.15) is 0 Å². The van der Waals surface area contributed by atoms with E-state index in [2.05, 4.69) is 10.3 Å². The highest BCUT2D eigenvalue weighted by Gasteiger charge is 2.14. The lowest BCUT2D eigenvalue weighted by Gasteiger charge is -2.21. The molecule has 0 saturated heterocycles. The van der Waals surface area contributed by atoms with Crippen molar-refractivity contribution in [2.75, 3.05) is 12.4 Å². The summed E-state index contributed by atoms with van der Waals surface area (Å²) in [4.78, 5) is 17.9. The van der Waals surface area contributed by atoms with Crippen LogP contribution in [0.3, 0.4) is 0 Å². The van der Waals surface area contributed by atoms with Gasteiger partial charge in [0.15, 0.2) is 0 Å². The summed E-state index contributed by atoms with van der Waals surface area (Å²) in [7, 11) is 1.80. The first kappa shape index (κ1) is 13.5. The number of pyridine rings is 1. The quantitative estimate of drug-likeness (QED) is 0.871. The van der Waals surface area contributed by atoms with Crippen LogP contribution < -0.4 is 5.32 Å². The second-order valence-corrected chi connectivity index (χ2v) is 4.74. The van der Waals surface area contributed by atoms with Crippen molar-refractivity contribution in [2.45, 2.75) is 39.8 Å². The topological polar surface area (TPSA) is 45.2 Å². The van der Waals surface area contributed by atoms with Gasteiger partial charge in [-0.25, -0.2) is 4.98 Å². The highest BCUT2D eigenvalue weighted by molar-refractivity contribution is 5.94. The number of anilines is 1. The molecule has 0 aliphatic carbocycles. The molecule has 0 aromatic carbocycles. The van der Waals surface area contributed by atoms with E-state index in [0.29, 0.717) is 11.6 Å². The molecule has 4 nitrogen and oxygen atoms in total. The summed E-state index contributed by atoms with van der Waals surface area (Å²) in [6.07, 6.45) is 1.62. The van der Waals surface area contributed by atoms with E-state index < -0.39 is 0 Å². The van der Waals surface area contributed by atoms with Gasteiger partial charge in [-0.15, -0.1) is 0 Å². The first-order chi connectivity index (χ1) is 7.91. The monoisotopic (exact) mass is 235 g/mol. The van der Waals surface area contributed by atoms with E-state index in [1.165, 1.54) is 0 Å². The number of nitrogens with zero attached hydrogens (tertiary/aromatic N) is 2. The molecule has 0 aliphatic heterocycles. The number of rotatable bonds is 4. The molecular weight excluding hydrogens is 214 g/mol. The number of hydrogen-bond acceptors (Lipinski definition) is 3. The minimum atomic E-state index is 0.00333. The van der Waals surface area contributed by atoms with Crippen LogP contribution in [0.5, 0.6) is 0 Å². The first-order valence-electron chi connectivity index (χ1n) is 5.91. The van der Waals surface area contributed by atoms with E-state index >= 15 is 0 Å². The molecule has 1 heterocycles. The van der Waals surface area contributed by atoms with Crippen molar-refractivity contribution in [3.8, 4) is 0 Å². The lowest BCUT2D eigenvalue weighted by atomic mass is 10.2. The van der Waals surface area contributed by atoms with Crippen molar-refractivity contribution in [1.82, 2.24) is 9.88 Å². The second-order valence-electron chi connectivity index (χ2n) is 4.74. The molecule has 94 valence electrons. The molecule has 4 heteroatoms. The minimum absolute atomic E-state index is 0.00333. The Labute approximate surface area is 103 Å². The van der Waals surface area contributed by atoms with Gasteiger partial charge >= 0.3 is 0 Å². The molecule has 0 unspecified atom stereocenters. The Morgan fingerprint density at radius 2 is 1.94 bits per heavy atom. The average Bonchev–Trinajstić information content (AvgIpc) is 2.27. The number of hydrogen-bond donors (Lipinski definition) is 1. The molecule has 0 fully saturated rings. The van der Waals surface area contributed by atoms with Gasteiger partial charge in [0.1, 0.15) is 5.82 Å². The summed E-state index contributed by atoms with van der Waals surface area (Å²) in [6.45, 7) is 8.07. The molecule has 0 atom stereocenters. The van der Waals surface area contributed by atoms with Gasteiger partial charge < -0.3 is 10.2 Å². The van der Waals surface area contributed by atoms with Gasteiger partial charge in [0, 0.05) is 25.3 Å². The summed E-state index contributed by atoms with van der Waals surface area (Å²) >= 11 is 0. The van der Waals surface area contributed by atoms with Crippen LogP contribution in [0, 0.1) is 0 Å². The van der Waals surface area contributed by atoms with Gasteiger partial charge in [0.05, 0.1) is 5.56 Å². The maximum Gasteiger partial charge on any atom is 0.255 e. The van der Waals surface area contributed by atoms with E-state index in [-0.39, 0.29) is 11.9 Å². The van der Waals surface area contributed by atoms with Crippen LogP contribution in [-0.4, -0.2) is 34.9 Å². The van der Waals surface area contributed by atoms with Crippen LogP contribution in [0.1, 0.15) is 38.1 Å². The fourth-order valence-corrected chi connectivity index (χ4v) is 1.34. The standard InChI is InChI=1S/C13H21N3O/c1-9(2)15-12-7-6-11(8-14-12)13(17)16(5)10(3)4/h6-10H,1-5H3,(H,14,15). The number of nitrogens with one attached hydrogen (secondary N) is 1. The fraction of sp³-hybridized carbons (Fsp3) is 0.538. The maximum atomic E-state index is 12.0. The van der Waals surface area contributed by atoms with Gasteiger partial charge in [-0.1, -0.05) is 0 Å². The Hall–Kier alpha value is -1.58. The van der Waals surface area contributed by atoms with Crippen molar-refractivity contribution in [1.29, 1.82) is 0 Å². The second kappa shape index (κ2) is 5.66. The van der Waals surface area contributed by atoms with Gasteiger partial charge in [0.2, 0.25) is 0 Å². The van der Waals surface area contributed by atoms with E-state index in [4.69, 9.17) is 0 Å². The Bertz CT molecular complexity index is 371. The summed E-state index contributed by atoms with van der Waals surface area (Å²) in [5.74, 6) is 0.798.